The number of benzene rings is 2. The SMILES string of the molecule is Fc1ccc2c(c1CNc1ncc(Oc3ccccc3)c3ncncc13)CCO2. The topological polar surface area (TPSA) is 69.2 Å². The van der Waals surface area contributed by atoms with Gasteiger partial charge in [-0.05, 0) is 24.3 Å². The first-order valence-electron chi connectivity index (χ1n) is 9.28. The Labute approximate surface area is 166 Å². The van der Waals surface area contributed by atoms with Crippen molar-refractivity contribution in [2.24, 2.45) is 0 Å². The zero-order valence-corrected chi connectivity index (χ0v) is 15.4. The van der Waals surface area contributed by atoms with Crippen molar-refractivity contribution in [3.05, 3.63) is 78.1 Å². The van der Waals surface area contributed by atoms with Gasteiger partial charge in [-0.1, -0.05) is 18.2 Å². The van der Waals surface area contributed by atoms with Crippen LogP contribution in [0.1, 0.15) is 11.1 Å². The smallest absolute Gasteiger partial charge is 0.172 e. The predicted octanol–water partition coefficient (Wildman–Crippen LogP) is 4.50. The minimum Gasteiger partial charge on any atom is -0.493 e. The summed E-state index contributed by atoms with van der Waals surface area (Å²) in [6.07, 6.45) is 5.44. The van der Waals surface area contributed by atoms with Gasteiger partial charge in [-0.2, -0.15) is 0 Å². The fourth-order valence-electron chi connectivity index (χ4n) is 3.46. The second-order valence-electron chi connectivity index (χ2n) is 6.63. The fraction of sp³-hybridized carbons (Fsp3) is 0.136. The second kappa shape index (κ2) is 7.35. The number of rotatable bonds is 5. The van der Waals surface area contributed by atoms with E-state index in [1.54, 1.807) is 18.5 Å². The van der Waals surface area contributed by atoms with Crippen molar-refractivity contribution in [2.45, 2.75) is 13.0 Å². The molecule has 144 valence electrons. The van der Waals surface area contributed by atoms with Crippen molar-refractivity contribution in [3.63, 3.8) is 0 Å². The number of hydrogen-bond donors (Lipinski definition) is 1. The molecule has 0 saturated heterocycles. The minimum atomic E-state index is -0.258. The van der Waals surface area contributed by atoms with Gasteiger partial charge in [0.15, 0.2) is 5.75 Å². The summed E-state index contributed by atoms with van der Waals surface area (Å²) in [5.74, 6) is 2.27. The number of nitrogens with one attached hydrogen (secondary N) is 1. The van der Waals surface area contributed by atoms with Gasteiger partial charge >= 0.3 is 0 Å². The lowest BCUT2D eigenvalue weighted by Gasteiger charge is -2.13. The van der Waals surface area contributed by atoms with Crippen LogP contribution in [0.15, 0.2) is 61.2 Å². The van der Waals surface area contributed by atoms with Gasteiger partial charge in [0.2, 0.25) is 0 Å². The van der Waals surface area contributed by atoms with E-state index < -0.39 is 0 Å². The molecule has 2 aromatic carbocycles. The zero-order valence-electron chi connectivity index (χ0n) is 15.4. The molecule has 1 aliphatic heterocycles. The number of fused-ring (bicyclic) bond motifs is 2. The molecular weight excluding hydrogens is 371 g/mol. The number of halogens is 1. The molecule has 0 aliphatic carbocycles. The van der Waals surface area contributed by atoms with Gasteiger partial charge in [0.25, 0.3) is 0 Å². The van der Waals surface area contributed by atoms with Crippen molar-refractivity contribution >= 4 is 16.7 Å². The summed E-state index contributed by atoms with van der Waals surface area (Å²) in [5.41, 5.74) is 2.13. The van der Waals surface area contributed by atoms with Crippen LogP contribution in [0.25, 0.3) is 10.9 Å². The molecule has 1 N–H and O–H groups in total. The Kier molecular flexibility index (Phi) is 4.40. The van der Waals surface area contributed by atoms with Crippen molar-refractivity contribution in [1.82, 2.24) is 15.0 Å². The molecule has 0 atom stereocenters. The van der Waals surface area contributed by atoms with Crippen molar-refractivity contribution in [2.75, 3.05) is 11.9 Å². The highest BCUT2D eigenvalue weighted by molar-refractivity contribution is 5.92. The molecule has 29 heavy (non-hydrogen) atoms. The number of pyridine rings is 1. The summed E-state index contributed by atoms with van der Waals surface area (Å²) in [6.45, 7) is 0.862. The van der Waals surface area contributed by atoms with Crippen LogP contribution >= 0.6 is 0 Å². The van der Waals surface area contributed by atoms with Gasteiger partial charge in [0.05, 0.1) is 18.2 Å². The largest absolute Gasteiger partial charge is 0.493 e. The Bertz CT molecular complexity index is 1180. The van der Waals surface area contributed by atoms with E-state index >= 15 is 0 Å². The Morgan fingerprint density at radius 3 is 2.86 bits per heavy atom. The van der Waals surface area contributed by atoms with E-state index in [0.717, 1.165) is 11.3 Å². The summed E-state index contributed by atoms with van der Waals surface area (Å²) in [7, 11) is 0. The number of hydrogen-bond acceptors (Lipinski definition) is 6. The number of para-hydroxylation sites is 1. The Hall–Kier alpha value is -3.74. The number of aromatic nitrogens is 3. The van der Waals surface area contributed by atoms with Crippen LogP contribution in [0.3, 0.4) is 0 Å². The number of anilines is 1. The summed E-state index contributed by atoms with van der Waals surface area (Å²) < 4.78 is 25.9. The third kappa shape index (κ3) is 3.31. The molecule has 0 saturated carbocycles. The second-order valence-corrected chi connectivity index (χ2v) is 6.63. The van der Waals surface area contributed by atoms with Gasteiger partial charge in [0.1, 0.15) is 35.0 Å². The van der Waals surface area contributed by atoms with Gasteiger partial charge < -0.3 is 14.8 Å². The van der Waals surface area contributed by atoms with Gasteiger partial charge in [-0.15, -0.1) is 0 Å². The minimum absolute atomic E-state index is 0.258. The average molecular weight is 388 g/mol. The van der Waals surface area contributed by atoms with Gasteiger partial charge in [-0.25, -0.2) is 19.3 Å². The molecule has 0 spiro atoms. The average Bonchev–Trinajstić information content (AvgIpc) is 3.24. The monoisotopic (exact) mass is 388 g/mol. The van der Waals surface area contributed by atoms with E-state index in [0.29, 0.717) is 46.8 Å². The summed E-state index contributed by atoms with van der Waals surface area (Å²) >= 11 is 0. The van der Waals surface area contributed by atoms with Crippen LogP contribution in [-0.4, -0.2) is 21.6 Å². The highest BCUT2D eigenvalue weighted by Gasteiger charge is 2.20. The van der Waals surface area contributed by atoms with E-state index in [1.807, 2.05) is 30.3 Å². The molecule has 0 amide bonds. The molecule has 7 heteroatoms. The van der Waals surface area contributed by atoms with E-state index in [4.69, 9.17) is 9.47 Å². The maximum atomic E-state index is 14.4. The molecule has 4 aromatic rings. The van der Waals surface area contributed by atoms with Gasteiger partial charge in [-0.3, -0.25) is 0 Å². The first-order chi connectivity index (χ1) is 14.3. The van der Waals surface area contributed by atoms with Crippen LogP contribution in [0.4, 0.5) is 10.2 Å². The van der Waals surface area contributed by atoms with Crippen LogP contribution in [0, 0.1) is 5.82 Å². The van der Waals surface area contributed by atoms with E-state index in [2.05, 4.69) is 20.3 Å². The molecule has 3 heterocycles. The van der Waals surface area contributed by atoms with Crippen LogP contribution in [0.2, 0.25) is 0 Å². The molecule has 0 bridgehead atoms. The first-order valence-corrected chi connectivity index (χ1v) is 9.28. The summed E-state index contributed by atoms with van der Waals surface area (Å²) in [5, 5.41) is 3.92. The standard InChI is InChI=1S/C22H17FN4O2/c23-18-6-7-19-15(8-9-28-19)16(18)11-25-22-17-10-24-13-27-21(17)20(12-26-22)29-14-4-2-1-3-5-14/h1-7,10,12-13H,8-9,11H2,(H,25,26). The quantitative estimate of drug-likeness (QED) is 0.543. The lowest BCUT2D eigenvalue weighted by atomic mass is 10.0. The Morgan fingerprint density at radius 2 is 1.97 bits per heavy atom. The van der Waals surface area contributed by atoms with Crippen molar-refractivity contribution < 1.29 is 13.9 Å². The molecular formula is C22H17FN4O2. The maximum absolute atomic E-state index is 14.4. The number of ether oxygens (including phenoxy) is 2. The lowest BCUT2D eigenvalue weighted by Crippen LogP contribution is -2.07. The molecule has 0 fully saturated rings. The lowest BCUT2D eigenvalue weighted by molar-refractivity contribution is 0.356. The molecule has 1 aliphatic rings. The summed E-state index contributed by atoms with van der Waals surface area (Å²) in [6, 6.07) is 12.5. The van der Waals surface area contributed by atoms with Crippen LogP contribution < -0.4 is 14.8 Å². The zero-order chi connectivity index (χ0) is 19.6. The van der Waals surface area contributed by atoms with Crippen LogP contribution in [0.5, 0.6) is 17.2 Å². The maximum Gasteiger partial charge on any atom is 0.172 e. The van der Waals surface area contributed by atoms with E-state index in [-0.39, 0.29) is 12.4 Å². The van der Waals surface area contributed by atoms with E-state index in [9.17, 15) is 4.39 Å². The number of nitrogens with zero attached hydrogens (tertiary/aromatic N) is 3. The van der Waals surface area contributed by atoms with E-state index in [1.165, 1.54) is 12.4 Å². The first kappa shape index (κ1) is 17.4. The Morgan fingerprint density at radius 1 is 1.07 bits per heavy atom. The molecule has 0 radical (unpaired) electrons. The van der Waals surface area contributed by atoms with Crippen LogP contribution in [-0.2, 0) is 13.0 Å². The third-order valence-corrected chi connectivity index (χ3v) is 4.86. The Balaban J connectivity index is 1.46. The highest BCUT2D eigenvalue weighted by atomic mass is 19.1. The predicted molar refractivity (Wildman–Crippen MR) is 107 cm³/mol. The van der Waals surface area contributed by atoms with Gasteiger partial charge in [0, 0.05) is 30.3 Å². The molecule has 6 nitrogen and oxygen atoms in total. The third-order valence-electron chi connectivity index (χ3n) is 4.86. The fourth-order valence-corrected chi connectivity index (χ4v) is 3.46. The highest BCUT2D eigenvalue weighted by Crippen LogP contribution is 2.33. The normalized spacial score (nSPS) is 12.4. The van der Waals surface area contributed by atoms with Crippen molar-refractivity contribution in [3.8, 4) is 17.2 Å². The summed E-state index contributed by atoms with van der Waals surface area (Å²) in [4.78, 5) is 12.9. The molecule has 2 aromatic heterocycles. The van der Waals surface area contributed by atoms with Crippen molar-refractivity contribution in [1.29, 1.82) is 0 Å². The molecule has 5 rings (SSSR count). The molecule has 0 unspecified atom stereocenters.